The summed E-state index contributed by atoms with van der Waals surface area (Å²) >= 11 is 0. The van der Waals surface area contributed by atoms with Crippen LogP contribution in [0.4, 0.5) is 12.9 Å². The molecule has 0 bridgehead atoms. The fourth-order valence-corrected chi connectivity index (χ4v) is 1.40. The highest BCUT2D eigenvalue weighted by Gasteiger charge is 2.26. The lowest BCUT2D eigenvalue weighted by molar-refractivity contribution is 0.0249. The highest BCUT2D eigenvalue weighted by Crippen LogP contribution is 2.15. The molecular weight excluding hydrogens is 182 g/mol. The van der Waals surface area contributed by atoms with Gasteiger partial charge in [-0.05, 0) is 19.9 Å². The molecule has 0 spiro atoms. The van der Waals surface area contributed by atoms with Crippen molar-refractivity contribution in [2.45, 2.75) is 18.9 Å². The van der Waals surface area contributed by atoms with Crippen LogP contribution >= 0.6 is 0 Å². The summed E-state index contributed by atoms with van der Waals surface area (Å²) in [4.78, 5) is 2.10. The Bertz CT molecular complexity index is 156. The first-order chi connectivity index (χ1) is 5.97. The van der Waals surface area contributed by atoms with Crippen LogP contribution in [0.1, 0.15) is 12.8 Å². The molecule has 6 heteroatoms. The minimum absolute atomic E-state index is 0.195. The Morgan fingerprint density at radius 2 is 1.85 bits per heavy atom. The monoisotopic (exact) mass is 196 g/mol. The van der Waals surface area contributed by atoms with Crippen molar-refractivity contribution in [3.8, 4) is 0 Å². The van der Waals surface area contributed by atoms with E-state index in [0.29, 0.717) is 12.8 Å². The maximum atomic E-state index is 11.8. The van der Waals surface area contributed by atoms with Gasteiger partial charge in [-0.3, -0.25) is 0 Å². The molecular formula is C7H14BF3NO-. The van der Waals surface area contributed by atoms with Crippen molar-refractivity contribution >= 4 is 6.98 Å². The molecule has 0 radical (unpaired) electrons. The first-order valence-electron chi connectivity index (χ1n) is 4.48. The van der Waals surface area contributed by atoms with Gasteiger partial charge in [0.1, 0.15) is 0 Å². The average molecular weight is 196 g/mol. The number of halogens is 3. The number of hydrogen-bond acceptors (Lipinski definition) is 2. The molecule has 0 aliphatic carbocycles. The van der Waals surface area contributed by atoms with Crippen LogP contribution < -0.4 is 0 Å². The van der Waals surface area contributed by atoms with Gasteiger partial charge in [-0.2, -0.15) is 0 Å². The largest absolute Gasteiger partial charge is 0.503 e. The lowest BCUT2D eigenvalue weighted by Crippen LogP contribution is -2.37. The first kappa shape index (κ1) is 10.9. The molecule has 0 aromatic heterocycles. The van der Waals surface area contributed by atoms with Crippen molar-refractivity contribution in [1.82, 2.24) is 4.90 Å². The fraction of sp³-hybridized carbons (Fsp3) is 1.00. The van der Waals surface area contributed by atoms with Crippen molar-refractivity contribution in [3.63, 3.8) is 0 Å². The Morgan fingerprint density at radius 3 is 2.31 bits per heavy atom. The molecule has 1 saturated heterocycles. The van der Waals surface area contributed by atoms with Crippen molar-refractivity contribution in [3.05, 3.63) is 0 Å². The predicted molar refractivity (Wildman–Crippen MR) is 45.5 cm³/mol. The molecule has 2 nitrogen and oxygen atoms in total. The second-order valence-electron chi connectivity index (χ2n) is 3.55. The van der Waals surface area contributed by atoms with Crippen molar-refractivity contribution in [1.29, 1.82) is 0 Å². The van der Waals surface area contributed by atoms with Gasteiger partial charge in [-0.25, -0.2) is 0 Å². The molecule has 0 atom stereocenters. The number of ether oxygens (including phenoxy) is 1. The van der Waals surface area contributed by atoms with Gasteiger partial charge in [0.25, 0.3) is 0 Å². The van der Waals surface area contributed by atoms with Crippen LogP contribution in [-0.4, -0.2) is 44.6 Å². The average Bonchev–Trinajstić information content (AvgIpc) is 2.02. The lowest BCUT2D eigenvalue weighted by Gasteiger charge is -2.30. The topological polar surface area (TPSA) is 12.5 Å². The molecule has 1 fully saturated rings. The molecule has 1 aliphatic rings. The highest BCUT2D eigenvalue weighted by atomic mass is 19.4. The Morgan fingerprint density at radius 1 is 1.31 bits per heavy atom. The molecule has 13 heavy (non-hydrogen) atoms. The van der Waals surface area contributed by atoms with Gasteiger partial charge >= 0.3 is 6.98 Å². The molecule has 1 rings (SSSR count). The third kappa shape index (κ3) is 4.52. The van der Waals surface area contributed by atoms with E-state index in [0.717, 1.165) is 13.1 Å². The van der Waals surface area contributed by atoms with Gasteiger partial charge in [-0.15, -0.1) is 0 Å². The smallest absolute Gasteiger partial charge is 0.447 e. The maximum Gasteiger partial charge on any atom is 0.503 e. The van der Waals surface area contributed by atoms with Crippen LogP contribution in [0, 0.1) is 0 Å². The zero-order valence-electron chi connectivity index (χ0n) is 7.68. The molecule has 0 N–H and O–H groups in total. The predicted octanol–water partition coefficient (Wildman–Crippen LogP) is 1.48. The van der Waals surface area contributed by atoms with E-state index >= 15 is 0 Å². The number of likely N-dealkylation sites (tertiary alicyclic amines) is 1. The van der Waals surface area contributed by atoms with E-state index in [1.165, 1.54) is 0 Å². The quantitative estimate of drug-likeness (QED) is 0.634. The van der Waals surface area contributed by atoms with Gasteiger partial charge in [-0.1, -0.05) is 0 Å². The van der Waals surface area contributed by atoms with E-state index < -0.39 is 13.5 Å². The third-order valence-corrected chi connectivity index (χ3v) is 2.19. The molecule has 78 valence electrons. The molecule has 1 aliphatic heterocycles. The van der Waals surface area contributed by atoms with Gasteiger partial charge < -0.3 is 22.6 Å². The molecule has 0 amide bonds. The van der Waals surface area contributed by atoms with Gasteiger partial charge in [0.2, 0.25) is 0 Å². The summed E-state index contributed by atoms with van der Waals surface area (Å²) in [5.74, 6) is 0. The number of piperidine rings is 1. The summed E-state index contributed by atoms with van der Waals surface area (Å²) < 4.78 is 40.2. The minimum atomic E-state index is -4.78. The van der Waals surface area contributed by atoms with Crippen LogP contribution in [0.15, 0.2) is 0 Å². The summed E-state index contributed by atoms with van der Waals surface area (Å²) in [6.45, 7) is -4.17. The normalized spacial score (nSPS) is 22.2. The molecule has 0 unspecified atom stereocenters. The molecule has 1 heterocycles. The van der Waals surface area contributed by atoms with E-state index in [1.54, 1.807) is 0 Å². The van der Waals surface area contributed by atoms with E-state index in [1.807, 2.05) is 7.05 Å². The van der Waals surface area contributed by atoms with E-state index in [-0.39, 0.29) is 6.10 Å². The zero-order chi connectivity index (χ0) is 9.90. The molecule has 0 aromatic rings. The highest BCUT2D eigenvalue weighted by molar-refractivity contribution is 6.58. The van der Waals surface area contributed by atoms with E-state index in [9.17, 15) is 12.9 Å². The minimum Gasteiger partial charge on any atom is -0.447 e. The Hall–Kier alpha value is -0.225. The Labute approximate surface area is 76.1 Å². The lowest BCUT2D eigenvalue weighted by atomic mass is 9.94. The van der Waals surface area contributed by atoms with Crippen LogP contribution in [0.25, 0.3) is 0 Å². The fourth-order valence-electron chi connectivity index (χ4n) is 1.40. The first-order valence-corrected chi connectivity index (χ1v) is 4.48. The number of rotatable bonds is 3. The van der Waals surface area contributed by atoms with Crippen molar-refractivity contribution in [2.24, 2.45) is 0 Å². The second-order valence-corrected chi connectivity index (χ2v) is 3.55. The Balaban J connectivity index is 2.16. The molecule has 0 aromatic carbocycles. The summed E-state index contributed by atoms with van der Waals surface area (Å²) in [5.41, 5.74) is 0. The standard InChI is InChI=1S/C7H14BF3NO/c1-12-4-2-7(3-5-12)13-6-8(9,10)11/h7H,2-6H2,1H3/q-1. The summed E-state index contributed by atoms with van der Waals surface area (Å²) in [6.07, 6.45) is 1.23. The van der Waals surface area contributed by atoms with Crippen LogP contribution in [0.2, 0.25) is 0 Å². The third-order valence-electron chi connectivity index (χ3n) is 2.19. The summed E-state index contributed by atoms with van der Waals surface area (Å²) in [7, 11) is 1.96. The Kier molecular flexibility index (Phi) is 3.61. The van der Waals surface area contributed by atoms with Crippen molar-refractivity contribution < 1.29 is 17.7 Å². The number of hydrogen-bond donors (Lipinski definition) is 0. The van der Waals surface area contributed by atoms with Gasteiger partial charge in [0, 0.05) is 19.6 Å². The SMILES string of the molecule is CN1CCC(OC[B-](F)(F)F)CC1. The summed E-state index contributed by atoms with van der Waals surface area (Å²) in [5, 5.41) is 0. The van der Waals surface area contributed by atoms with Crippen LogP contribution in [0.3, 0.4) is 0 Å². The second kappa shape index (κ2) is 4.33. The van der Waals surface area contributed by atoms with Crippen LogP contribution in [-0.2, 0) is 4.74 Å². The summed E-state index contributed by atoms with van der Waals surface area (Å²) in [6, 6.07) is 0. The number of nitrogens with zero attached hydrogens (tertiary/aromatic N) is 1. The zero-order valence-corrected chi connectivity index (χ0v) is 7.68. The van der Waals surface area contributed by atoms with E-state index in [2.05, 4.69) is 4.90 Å². The van der Waals surface area contributed by atoms with Crippen molar-refractivity contribution in [2.75, 3.05) is 26.6 Å². The van der Waals surface area contributed by atoms with Gasteiger partial charge in [0.05, 0.1) is 6.10 Å². The van der Waals surface area contributed by atoms with E-state index in [4.69, 9.17) is 4.74 Å². The van der Waals surface area contributed by atoms with Gasteiger partial charge in [0.15, 0.2) is 0 Å². The van der Waals surface area contributed by atoms with Crippen LogP contribution in [0.5, 0.6) is 0 Å². The molecule has 0 saturated carbocycles. The maximum absolute atomic E-state index is 11.8.